The van der Waals surface area contributed by atoms with Gasteiger partial charge in [0.2, 0.25) is 0 Å². The molecule has 1 aliphatic carbocycles. The predicted octanol–water partition coefficient (Wildman–Crippen LogP) is 6.82. The van der Waals surface area contributed by atoms with E-state index in [-0.39, 0.29) is 11.7 Å². The minimum absolute atomic E-state index is 0.0494. The number of nitrogens with two attached hydrogens (primary N) is 1. The monoisotopic (exact) mass is 468 g/mol. The fourth-order valence-electron chi connectivity index (χ4n) is 3.78. The molecule has 32 heavy (non-hydrogen) atoms. The molecule has 0 aliphatic heterocycles. The zero-order valence-electron chi connectivity index (χ0n) is 18.4. The number of nitrogens with zero attached hydrogens (tertiary/aromatic N) is 1. The first-order chi connectivity index (χ1) is 15.4. The van der Waals surface area contributed by atoms with Crippen molar-refractivity contribution >= 4 is 22.9 Å². The lowest BCUT2D eigenvalue weighted by Gasteiger charge is -2.11. The smallest absolute Gasteiger partial charge is 0.123 e. The number of halogens is 2. The van der Waals surface area contributed by atoms with Crippen molar-refractivity contribution in [2.75, 3.05) is 7.11 Å². The van der Waals surface area contributed by atoms with Gasteiger partial charge in [0, 0.05) is 16.4 Å². The van der Waals surface area contributed by atoms with Gasteiger partial charge in [-0.2, -0.15) is 0 Å². The summed E-state index contributed by atoms with van der Waals surface area (Å²) >= 11 is 8.05. The Labute approximate surface area is 197 Å². The number of thiazole rings is 1. The quantitative estimate of drug-likeness (QED) is 0.404. The van der Waals surface area contributed by atoms with Crippen LogP contribution in [0, 0.1) is 37.4 Å². The zero-order chi connectivity index (χ0) is 22.8. The molecule has 0 bridgehead atoms. The molecule has 2 aromatic carbocycles. The van der Waals surface area contributed by atoms with E-state index in [2.05, 4.69) is 11.8 Å². The molecule has 0 spiro atoms. The van der Waals surface area contributed by atoms with Crippen LogP contribution in [0.3, 0.4) is 0 Å². The highest BCUT2D eigenvalue weighted by molar-refractivity contribution is 7.12. The van der Waals surface area contributed by atoms with Crippen LogP contribution in [0.25, 0.3) is 11.3 Å². The summed E-state index contributed by atoms with van der Waals surface area (Å²) in [6.07, 6.45) is 3.46. The summed E-state index contributed by atoms with van der Waals surface area (Å²) in [4.78, 5) is 5.83. The van der Waals surface area contributed by atoms with E-state index >= 15 is 0 Å². The van der Waals surface area contributed by atoms with Crippen molar-refractivity contribution in [2.24, 2.45) is 11.7 Å². The van der Waals surface area contributed by atoms with Gasteiger partial charge in [-0.3, -0.25) is 0 Å². The van der Waals surface area contributed by atoms with Crippen LogP contribution in [0.4, 0.5) is 4.39 Å². The van der Waals surface area contributed by atoms with Gasteiger partial charge in [0.05, 0.1) is 17.8 Å². The first kappa shape index (κ1) is 22.8. The number of aromatic nitrogens is 1. The minimum atomic E-state index is -0.493. The lowest BCUT2D eigenvalue weighted by Crippen LogP contribution is -2.08. The van der Waals surface area contributed by atoms with Gasteiger partial charge in [-0.25, -0.2) is 9.37 Å². The Bertz CT molecular complexity index is 1180. The van der Waals surface area contributed by atoms with Crippen LogP contribution in [0.5, 0.6) is 5.75 Å². The van der Waals surface area contributed by atoms with Crippen molar-refractivity contribution in [2.45, 2.75) is 45.1 Å². The normalized spacial score (nSPS) is 15.1. The molecule has 1 aliphatic rings. The minimum Gasteiger partial charge on any atom is -0.496 e. The second-order valence-corrected chi connectivity index (χ2v) is 9.95. The topological polar surface area (TPSA) is 48.1 Å². The third kappa shape index (κ3) is 5.15. The summed E-state index contributed by atoms with van der Waals surface area (Å²) in [7, 11) is 1.63. The molecule has 1 heterocycles. The third-order valence-corrected chi connectivity index (χ3v) is 7.14. The van der Waals surface area contributed by atoms with Crippen molar-refractivity contribution < 1.29 is 9.13 Å². The van der Waals surface area contributed by atoms with Gasteiger partial charge in [0.15, 0.2) is 0 Å². The van der Waals surface area contributed by atoms with Gasteiger partial charge in [-0.15, -0.1) is 11.3 Å². The number of benzene rings is 2. The number of aryl methyl sites for hydroxylation is 2. The molecule has 166 valence electrons. The van der Waals surface area contributed by atoms with Crippen molar-refractivity contribution in [3.05, 3.63) is 68.2 Å². The lowest BCUT2D eigenvalue weighted by atomic mass is 9.93. The van der Waals surface area contributed by atoms with Crippen LogP contribution in [-0.2, 0) is 0 Å². The molecule has 3 nitrogen and oxygen atoms in total. The summed E-state index contributed by atoms with van der Waals surface area (Å²) in [5.41, 5.74) is 10.1. The molecule has 2 unspecified atom stereocenters. The average Bonchev–Trinajstić information content (AvgIpc) is 3.52. The molecule has 2 N–H and O–H groups in total. The number of hydrogen-bond donors (Lipinski definition) is 1. The van der Waals surface area contributed by atoms with E-state index < -0.39 is 6.04 Å². The summed E-state index contributed by atoms with van der Waals surface area (Å²) in [6, 6.07) is 9.94. The van der Waals surface area contributed by atoms with Gasteiger partial charge in [-0.05, 0) is 61.6 Å². The summed E-state index contributed by atoms with van der Waals surface area (Å²) in [5.74, 6) is 7.83. The van der Waals surface area contributed by atoms with Crippen molar-refractivity contribution in [3.8, 4) is 28.8 Å². The molecule has 1 aromatic heterocycles. The van der Waals surface area contributed by atoms with Crippen LogP contribution < -0.4 is 10.5 Å². The number of ether oxygens (including phenoxy) is 1. The molecular formula is C26H26ClFN2OS. The maximum absolute atomic E-state index is 13.4. The van der Waals surface area contributed by atoms with Crippen molar-refractivity contribution in [1.82, 2.24) is 4.98 Å². The molecule has 2 atom stereocenters. The summed E-state index contributed by atoms with van der Waals surface area (Å²) in [5, 5.41) is 1.35. The molecule has 1 saturated carbocycles. The van der Waals surface area contributed by atoms with E-state index in [4.69, 9.17) is 27.1 Å². The number of rotatable bonds is 6. The molecular weight excluding hydrogens is 443 g/mol. The Morgan fingerprint density at radius 1 is 1.22 bits per heavy atom. The van der Waals surface area contributed by atoms with Gasteiger partial charge < -0.3 is 10.5 Å². The average molecular weight is 469 g/mol. The Balaban J connectivity index is 1.59. The van der Waals surface area contributed by atoms with Crippen molar-refractivity contribution in [1.29, 1.82) is 0 Å². The molecule has 0 radical (unpaired) electrons. The number of methoxy groups -OCH3 is 1. The van der Waals surface area contributed by atoms with E-state index in [1.165, 1.54) is 36.3 Å². The molecule has 4 rings (SSSR count). The zero-order valence-corrected chi connectivity index (χ0v) is 20.0. The Morgan fingerprint density at radius 3 is 2.59 bits per heavy atom. The molecule has 1 fully saturated rings. The summed E-state index contributed by atoms with van der Waals surface area (Å²) < 4.78 is 18.7. The van der Waals surface area contributed by atoms with Gasteiger partial charge in [-0.1, -0.05) is 48.4 Å². The highest BCUT2D eigenvalue weighted by Gasteiger charge is 2.26. The fraction of sp³-hybridized carbons (Fsp3) is 0.346. The molecule has 6 heteroatoms. The maximum atomic E-state index is 13.4. The Morgan fingerprint density at radius 2 is 1.94 bits per heavy atom. The second kappa shape index (κ2) is 9.62. The van der Waals surface area contributed by atoms with Crippen LogP contribution >= 0.6 is 22.9 Å². The van der Waals surface area contributed by atoms with Gasteiger partial charge in [0.25, 0.3) is 0 Å². The van der Waals surface area contributed by atoms with Crippen LogP contribution in [0.2, 0.25) is 5.02 Å². The van der Waals surface area contributed by atoms with E-state index in [9.17, 15) is 4.39 Å². The second-order valence-electron chi connectivity index (χ2n) is 8.31. The number of hydrogen-bond acceptors (Lipinski definition) is 4. The first-order valence-corrected chi connectivity index (χ1v) is 11.9. The van der Waals surface area contributed by atoms with Gasteiger partial charge in [0.1, 0.15) is 22.6 Å². The first-order valence-electron chi connectivity index (χ1n) is 10.7. The van der Waals surface area contributed by atoms with Crippen LogP contribution in [0.1, 0.15) is 52.2 Å². The van der Waals surface area contributed by atoms with Crippen molar-refractivity contribution in [3.63, 3.8) is 0 Å². The molecule has 0 amide bonds. The predicted molar refractivity (Wildman–Crippen MR) is 130 cm³/mol. The molecule has 3 aromatic rings. The maximum Gasteiger partial charge on any atom is 0.123 e. The summed E-state index contributed by atoms with van der Waals surface area (Å²) in [6.45, 7) is 3.99. The standard InChI is InChI=1S/C26H26ClFN2OS/c1-15-12-21(22(27)14-24(15)31-3)25-16(2)32-26(30-25)23(29)11-8-19(13-17-4-5-17)18-6-9-20(28)10-7-18/h6-7,9-10,12,14,17,19,23H,4-5,13,29H2,1-3H3. The van der Waals surface area contributed by atoms with E-state index in [0.717, 1.165) is 44.4 Å². The lowest BCUT2D eigenvalue weighted by molar-refractivity contribution is 0.412. The van der Waals surface area contributed by atoms with E-state index in [1.807, 2.05) is 38.1 Å². The molecule has 0 saturated heterocycles. The Hall–Kier alpha value is -2.39. The van der Waals surface area contributed by atoms with E-state index in [1.54, 1.807) is 7.11 Å². The van der Waals surface area contributed by atoms with Gasteiger partial charge >= 0.3 is 0 Å². The highest BCUT2D eigenvalue weighted by Crippen LogP contribution is 2.39. The Kier molecular flexibility index (Phi) is 6.85. The SMILES string of the molecule is COc1cc(Cl)c(-c2nc(C(N)C#CC(CC3CC3)c3ccc(F)cc3)sc2C)cc1C. The van der Waals surface area contributed by atoms with Crippen LogP contribution in [-0.4, -0.2) is 12.1 Å². The largest absolute Gasteiger partial charge is 0.496 e. The third-order valence-electron chi connectivity index (χ3n) is 5.77. The highest BCUT2D eigenvalue weighted by atomic mass is 35.5. The van der Waals surface area contributed by atoms with E-state index in [0.29, 0.717) is 10.9 Å². The van der Waals surface area contributed by atoms with Crippen LogP contribution in [0.15, 0.2) is 36.4 Å². The fourth-order valence-corrected chi connectivity index (χ4v) is 4.91.